The number of aryl methyl sites for hydroxylation is 1. The van der Waals surface area contributed by atoms with Gasteiger partial charge in [-0.1, -0.05) is 11.6 Å². The Balaban J connectivity index is 1.38. The summed E-state index contributed by atoms with van der Waals surface area (Å²) >= 11 is 6.09. The van der Waals surface area contributed by atoms with Crippen LogP contribution in [0.5, 0.6) is 5.75 Å². The van der Waals surface area contributed by atoms with E-state index in [2.05, 4.69) is 19.4 Å². The molecule has 0 atom stereocenters. The van der Waals surface area contributed by atoms with Crippen LogP contribution in [-0.4, -0.2) is 39.2 Å². The molecule has 3 aromatic heterocycles. The molecule has 3 aromatic rings. The molecular formula is C18H20ClN5O. The Hall–Kier alpha value is -2.34. The molecule has 4 rings (SSSR count). The molecule has 1 aliphatic heterocycles. The second-order valence-electron chi connectivity index (χ2n) is 6.36. The third kappa shape index (κ3) is 3.26. The van der Waals surface area contributed by atoms with Crippen LogP contribution >= 0.6 is 11.6 Å². The summed E-state index contributed by atoms with van der Waals surface area (Å²) in [5.74, 6) is 2.22. The second-order valence-corrected chi connectivity index (χ2v) is 6.77. The van der Waals surface area contributed by atoms with E-state index in [9.17, 15) is 0 Å². The van der Waals surface area contributed by atoms with Gasteiger partial charge in [0.05, 0.1) is 6.61 Å². The molecule has 130 valence electrons. The van der Waals surface area contributed by atoms with E-state index < -0.39 is 0 Å². The number of hydrogen-bond acceptors (Lipinski definition) is 5. The van der Waals surface area contributed by atoms with Crippen molar-refractivity contribution < 1.29 is 4.74 Å². The van der Waals surface area contributed by atoms with Crippen LogP contribution in [-0.2, 0) is 7.05 Å². The van der Waals surface area contributed by atoms with Gasteiger partial charge in [0.1, 0.15) is 16.3 Å². The van der Waals surface area contributed by atoms with Gasteiger partial charge < -0.3 is 9.64 Å². The van der Waals surface area contributed by atoms with Crippen molar-refractivity contribution in [2.75, 3.05) is 24.6 Å². The van der Waals surface area contributed by atoms with Crippen LogP contribution in [0.15, 0.2) is 36.8 Å². The third-order valence-electron chi connectivity index (χ3n) is 4.71. The largest absolute Gasteiger partial charge is 0.492 e. The smallest absolute Gasteiger partial charge is 0.207 e. The average molecular weight is 358 g/mol. The van der Waals surface area contributed by atoms with Gasteiger partial charge in [0.25, 0.3) is 0 Å². The Kier molecular flexibility index (Phi) is 4.44. The van der Waals surface area contributed by atoms with Crippen LogP contribution in [0.4, 0.5) is 5.95 Å². The maximum Gasteiger partial charge on any atom is 0.207 e. The fourth-order valence-corrected chi connectivity index (χ4v) is 3.46. The highest BCUT2D eigenvalue weighted by molar-refractivity contribution is 6.31. The second kappa shape index (κ2) is 6.88. The molecule has 0 amide bonds. The predicted molar refractivity (Wildman–Crippen MR) is 98.2 cm³/mol. The molecule has 0 unspecified atom stereocenters. The zero-order valence-electron chi connectivity index (χ0n) is 14.1. The lowest BCUT2D eigenvalue weighted by molar-refractivity contribution is 0.222. The number of fused-ring (bicyclic) bond motifs is 1. The highest BCUT2D eigenvalue weighted by Gasteiger charge is 2.23. The first-order chi connectivity index (χ1) is 12.2. The Morgan fingerprint density at radius 1 is 1.24 bits per heavy atom. The Bertz CT molecular complexity index is 873. The Morgan fingerprint density at radius 2 is 2.08 bits per heavy atom. The van der Waals surface area contributed by atoms with Crippen LogP contribution in [0.25, 0.3) is 11.2 Å². The predicted octanol–water partition coefficient (Wildman–Crippen LogP) is 3.31. The lowest BCUT2D eigenvalue weighted by Gasteiger charge is -2.32. The molecule has 0 aromatic carbocycles. The molecule has 0 N–H and O–H groups in total. The number of ether oxygens (including phenoxy) is 1. The van der Waals surface area contributed by atoms with E-state index in [-0.39, 0.29) is 0 Å². The van der Waals surface area contributed by atoms with Gasteiger partial charge in [0, 0.05) is 44.8 Å². The number of piperidine rings is 1. The molecule has 1 saturated heterocycles. The molecule has 7 heteroatoms. The Morgan fingerprint density at radius 3 is 2.84 bits per heavy atom. The van der Waals surface area contributed by atoms with Crippen LogP contribution in [0, 0.1) is 5.92 Å². The first kappa shape index (κ1) is 16.1. The van der Waals surface area contributed by atoms with E-state index in [4.69, 9.17) is 21.3 Å². The number of pyridine rings is 2. The molecule has 0 bridgehead atoms. The first-order valence-corrected chi connectivity index (χ1v) is 8.85. The van der Waals surface area contributed by atoms with E-state index in [1.807, 2.05) is 31.4 Å². The molecule has 0 saturated carbocycles. The minimum Gasteiger partial charge on any atom is -0.492 e. The van der Waals surface area contributed by atoms with Gasteiger partial charge in [0.15, 0.2) is 5.65 Å². The summed E-state index contributed by atoms with van der Waals surface area (Å²) < 4.78 is 7.94. The molecule has 1 fully saturated rings. The zero-order valence-corrected chi connectivity index (χ0v) is 14.9. The zero-order chi connectivity index (χ0) is 17.2. The molecule has 0 radical (unpaired) electrons. The summed E-state index contributed by atoms with van der Waals surface area (Å²) in [6.07, 6.45) is 7.25. The molecule has 25 heavy (non-hydrogen) atoms. The third-order valence-corrected chi connectivity index (χ3v) is 5.00. The van der Waals surface area contributed by atoms with Crippen LogP contribution in [0.3, 0.4) is 0 Å². The van der Waals surface area contributed by atoms with Crippen molar-refractivity contribution in [3.8, 4) is 5.75 Å². The van der Waals surface area contributed by atoms with Crippen molar-refractivity contribution in [2.45, 2.75) is 12.8 Å². The summed E-state index contributed by atoms with van der Waals surface area (Å²) in [4.78, 5) is 15.5. The van der Waals surface area contributed by atoms with Crippen molar-refractivity contribution in [1.82, 2.24) is 19.5 Å². The van der Waals surface area contributed by atoms with E-state index in [1.165, 1.54) is 0 Å². The summed E-state index contributed by atoms with van der Waals surface area (Å²) in [6.45, 7) is 2.62. The van der Waals surface area contributed by atoms with E-state index >= 15 is 0 Å². The summed E-state index contributed by atoms with van der Waals surface area (Å²) in [7, 11) is 2.03. The van der Waals surface area contributed by atoms with Gasteiger partial charge in [-0.05, 0) is 30.9 Å². The fourth-order valence-electron chi connectivity index (χ4n) is 3.28. The molecule has 6 nitrogen and oxygen atoms in total. The van der Waals surface area contributed by atoms with Crippen molar-refractivity contribution in [1.29, 1.82) is 0 Å². The SMILES string of the molecule is Cn1c(N2CCC(COc3ccncc3Cl)CC2)nc2cccnc21. The molecular weight excluding hydrogens is 338 g/mol. The number of aromatic nitrogens is 4. The molecule has 0 aliphatic carbocycles. The van der Waals surface area contributed by atoms with Gasteiger partial charge in [0.2, 0.25) is 5.95 Å². The van der Waals surface area contributed by atoms with Gasteiger partial charge in [-0.3, -0.25) is 9.55 Å². The maximum atomic E-state index is 6.09. The lowest BCUT2D eigenvalue weighted by Crippen LogP contribution is -2.37. The van der Waals surface area contributed by atoms with Gasteiger partial charge >= 0.3 is 0 Å². The van der Waals surface area contributed by atoms with Crippen molar-refractivity contribution in [2.24, 2.45) is 13.0 Å². The highest BCUT2D eigenvalue weighted by Crippen LogP contribution is 2.27. The van der Waals surface area contributed by atoms with Gasteiger partial charge in [-0.15, -0.1) is 0 Å². The quantitative estimate of drug-likeness (QED) is 0.717. The number of halogens is 1. The highest BCUT2D eigenvalue weighted by atomic mass is 35.5. The standard InChI is InChI=1S/C18H20ClN5O/c1-23-17-15(3-2-7-21-17)22-18(23)24-9-5-13(6-10-24)12-25-16-4-8-20-11-14(16)19/h2-4,7-8,11,13H,5-6,9-10,12H2,1H3. The normalized spacial score (nSPS) is 15.7. The topological polar surface area (TPSA) is 56.1 Å². The fraction of sp³-hybridized carbons (Fsp3) is 0.389. The van der Waals surface area contributed by atoms with Crippen LogP contribution in [0.1, 0.15) is 12.8 Å². The number of hydrogen-bond donors (Lipinski definition) is 0. The summed E-state index contributed by atoms with van der Waals surface area (Å²) in [5, 5.41) is 0.562. The lowest BCUT2D eigenvalue weighted by atomic mass is 9.98. The molecule has 1 aliphatic rings. The monoisotopic (exact) mass is 357 g/mol. The summed E-state index contributed by atoms with van der Waals surface area (Å²) in [6, 6.07) is 5.74. The number of rotatable bonds is 4. The van der Waals surface area contributed by atoms with Gasteiger partial charge in [-0.2, -0.15) is 0 Å². The van der Waals surface area contributed by atoms with Crippen LogP contribution < -0.4 is 9.64 Å². The van der Waals surface area contributed by atoms with E-state index in [1.54, 1.807) is 12.4 Å². The number of nitrogens with zero attached hydrogens (tertiary/aromatic N) is 5. The maximum absolute atomic E-state index is 6.09. The Labute approximate surface area is 151 Å². The first-order valence-electron chi connectivity index (χ1n) is 8.47. The van der Waals surface area contributed by atoms with E-state index in [0.717, 1.165) is 43.0 Å². The van der Waals surface area contributed by atoms with Crippen molar-refractivity contribution in [3.63, 3.8) is 0 Å². The minimum absolute atomic E-state index is 0.522. The summed E-state index contributed by atoms with van der Waals surface area (Å²) in [5.41, 5.74) is 1.87. The minimum atomic E-state index is 0.522. The van der Waals surface area contributed by atoms with Crippen LogP contribution in [0.2, 0.25) is 5.02 Å². The average Bonchev–Trinajstić information content (AvgIpc) is 2.99. The van der Waals surface area contributed by atoms with Crippen molar-refractivity contribution >= 4 is 28.7 Å². The van der Waals surface area contributed by atoms with Gasteiger partial charge in [-0.25, -0.2) is 9.97 Å². The molecule has 4 heterocycles. The van der Waals surface area contributed by atoms with E-state index in [0.29, 0.717) is 23.3 Å². The number of imidazole rings is 1. The van der Waals surface area contributed by atoms with Crippen molar-refractivity contribution in [3.05, 3.63) is 41.8 Å². The number of anilines is 1. The molecule has 0 spiro atoms.